The highest BCUT2D eigenvalue weighted by Gasteiger charge is 2.46. The maximum absolute atomic E-state index is 12.8. The standard InChI is InChI=1S/C23H25NO4/c1-14(2)16-9-11-17(12-10-16)20-19(21(26)18-7-5-4-6-8-18)22(27)23(28)24(20)13-15(3)25/h4-12,14-15,20,25-26H,13H2,1-3H3/b21-19+. The Morgan fingerprint density at radius 1 is 1.00 bits per heavy atom. The van der Waals surface area contributed by atoms with Crippen molar-refractivity contribution in [3.63, 3.8) is 0 Å². The average molecular weight is 379 g/mol. The Labute approximate surface area is 164 Å². The fourth-order valence-electron chi connectivity index (χ4n) is 3.51. The first-order valence-electron chi connectivity index (χ1n) is 9.43. The van der Waals surface area contributed by atoms with Crippen molar-refractivity contribution >= 4 is 17.4 Å². The summed E-state index contributed by atoms with van der Waals surface area (Å²) in [4.78, 5) is 26.8. The zero-order chi connectivity index (χ0) is 20.4. The summed E-state index contributed by atoms with van der Waals surface area (Å²) < 4.78 is 0. The van der Waals surface area contributed by atoms with Gasteiger partial charge in [-0.2, -0.15) is 0 Å². The van der Waals surface area contributed by atoms with Crippen LogP contribution in [0.4, 0.5) is 0 Å². The molecule has 0 aromatic heterocycles. The van der Waals surface area contributed by atoms with Crippen molar-refractivity contribution in [2.45, 2.75) is 38.8 Å². The Balaban J connectivity index is 2.15. The molecule has 3 rings (SSSR count). The van der Waals surface area contributed by atoms with Crippen LogP contribution in [-0.2, 0) is 9.59 Å². The van der Waals surface area contributed by atoms with Crippen LogP contribution in [0, 0.1) is 0 Å². The van der Waals surface area contributed by atoms with Crippen LogP contribution >= 0.6 is 0 Å². The van der Waals surface area contributed by atoms with Crippen molar-refractivity contribution in [3.05, 3.63) is 76.9 Å². The van der Waals surface area contributed by atoms with E-state index in [4.69, 9.17) is 0 Å². The number of β-amino-alcohol motifs (C(OH)–C–C–N with tert-alkyl or cyclic N) is 1. The number of hydrogen-bond acceptors (Lipinski definition) is 4. The fraction of sp³-hybridized carbons (Fsp3) is 0.304. The predicted molar refractivity (Wildman–Crippen MR) is 108 cm³/mol. The molecule has 2 N–H and O–H groups in total. The highest BCUT2D eigenvalue weighted by atomic mass is 16.3. The Morgan fingerprint density at radius 2 is 1.61 bits per heavy atom. The maximum Gasteiger partial charge on any atom is 0.295 e. The summed E-state index contributed by atoms with van der Waals surface area (Å²) in [5.41, 5.74) is 2.39. The third-order valence-electron chi connectivity index (χ3n) is 4.97. The lowest BCUT2D eigenvalue weighted by Gasteiger charge is -2.26. The molecule has 1 fully saturated rings. The molecule has 5 nitrogen and oxygen atoms in total. The molecule has 0 radical (unpaired) electrons. The van der Waals surface area contributed by atoms with Gasteiger partial charge in [-0.25, -0.2) is 0 Å². The van der Waals surface area contributed by atoms with E-state index in [0.29, 0.717) is 11.5 Å². The van der Waals surface area contributed by atoms with E-state index in [-0.39, 0.29) is 17.9 Å². The van der Waals surface area contributed by atoms with Gasteiger partial charge in [-0.3, -0.25) is 9.59 Å². The molecule has 0 bridgehead atoms. The van der Waals surface area contributed by atoms with E-state index in [0.717, 1.165) is 11.1 Å². The van der Waals surface area contributed by atoms with Crippen molar-refractivity contribution in [1.29, 1.82) is 0 Å². The molecular weight excluding hydrogens is 354 g/mol. The minimum atomic E-state index is -0.799. The molecule has 2 atom stereocenters. The van der Waals surface area contributed by atoms with Crippen molar-refractivity contribution in [2.24, 2.45) is 0 Å². The molecule has 28 heavy (non-hydrogen) atoms. The molecule has 1 aliphatic heterocycles. The highest BCUT2D eigenvalue weighted by Crippen LogP contribution is 2.39. The summed E-state index contributed by atoms with van der Waals surface area (Å²) in [5, 5.41) is 20.7. The number of benzene rings is 2. The molecule has 1 amide bonds. The second-order valence-corrected chi connectivity index (χ2v) is 7.49. The van der Waals surface area contributed by atoms with Crippen LogP contribution < -0.4 is 0 Å². The van der Waals surface area contributed by atoms with Crippen molar-refractivity contribution < 1.29 is 19.8 Å². The zero-order valence-corrected chi connectivity index (χ0v) is 16.3. The normalized spacial score (nSPS) is 20.0. The molecule has 2 aromatic carbocycles. The number of hydrogen-bond donors (Lipinski definition) is 2. The number of rotatable bonds is 5. The van der Waals surface area contributed by atoms with Crippen LogP contribution in [-0.4, -0.2) is 39.5 Å². The molecule has 1 saturated heterocycles. The smallest absolute Gasteiger partial charge is 0.295 e. The molecule has 1 aliphatic rings. The second-order valence-electron chi connectivity index (χ2n) is 7.49. The van der Waals surface area contributed by atoms with Gasteiger partial charge in [0.05, 0.1) is 17.7 Å². The van der Waals surface area contributed by atoms with E-state index in [1.54, 1.807) is 31.2 Å². The van der Waals surface area contributed by atoms with Gasteiger partial charge < -0.3 is 15.1 Å². The average Bonchev–Trinajstić information content (AvgIpc) is 2.92. The first kappa shape index (κ1) is 19.8. The lowest BCUT2D eigenvalue weighted by molar-refractivity contribution is -0.140. The first-order chi connectivity index (χ1) is 13.3. The van der Waals surface area contributed by atoms with Gasteiger partial charge in [0.25, 0.3) is 11.7 Å². The van der Waals surface area contributed by atoms with Gasteiger partial charge in [0.1, 0.15) is 5.76 Å². The molecule has 1 heterocycles. The fourth-order valence-corrected chi connectivity index (χ4v) is 3.51. The van der Waals surface area contributed by atoms with Crippen molar-refractivity contribution in [3.8, 4) is 0 Å². The largest absolute Gasteiger partial charge is 0.507 e. The van der Waals surface area contributed by atoms with Gasteiger partial charge in [-0.15, -0.1) is 0 Å². The Morgan fingerprint density at radius 3 is 2.14 bits per heavy atom. The number of ketones is 1. The number of aliphatic hydroxyl groups is 2. The number of carbonyl (C=O) groups is 2. The SMILES string of the molecule is CC(O)CN1C(=O)C(=O)/C(=C(/O)c2ccccc2)C1c1ccc(C(C)C)cc1. The van der Waals surface area contributed by atoms with E-state index in [9.17, 15) is 19.8 Å². The van der Waals surface area contributed by atoms with Gasteiger partial charge in [0.15, 0.2) is 0 Å². The molecule has 2 unspecified atom stereocenters. The number of amides is 1. The van der Waals surface area contributed by atoms with Gasteiger partial charge in [-0.05, 0) is 24.0 Å². The number of likely N-dealkylation sites (tertiary alicyclic amines) is 1. The summed E-state index contributed by atoms with van der Waals surface area (Å²) in [7, 11) is 0. The second kappa shape index (κ2) is 7.98. The minimum absolute atomic E-state index is 0.00669. The first-order valence-corrected chi connectivity index (χ1v) is 9.43. The highest BCUT2D eigenvalue weighted by molar-refractivity contribution is 6.46. The summed E-state index contributed by atoms with van der Waals surface area (Å²) in [6.45, 7) is 5.75. The van der Waals surface area contributed by atoms with Crippen LogP contribution in [0.5, 0.6) is 0 Å². The van der Waals surface area contributed by atoms with Crippen LogP contribution in [0.2, 0.25) is 0 Å². The van der Waals surface area contributed by atoms with E-state index in [2.05, 4.69) is 13.8 Å². The van der Waals surface area contributed by atoms with Gasteiger partial charge in [0, 0.05) is 12.1 Å². The van der Waals surface area contributed by atoms with Gasteiger partial charge in [0.2, 0.25) is 0 Å². The number of carbonyl (C=O) groups excluding carboxylic acids is 2. The quantitative estimate of drug-likeness (QED) is 0.473. The van der Waals surface area contributed by atoms with E-state index in [1.807, 2.05) is 30.3 Å². The molecule has 2 aromatic rings. The van der Waals surface area contributed by atoms with Crippen molar-refractivity contribution in [2.75, 3.05) is 6.54 Å². The Kier molecular flexibility index (Phi) is 5.66. The van der Waals surface area contributed by atoms with Gasteiger partial charge >= 0.3 is 0 Å². The molecule has 0 aliphatic carbocycles. The topological polar surface area (TPSA) is 77.8 Å². The van der Waals surface area contributed by atoms with E-state index < -0.39 is 23.8 Å². The Bertz CT molecular complexity index is 898. The zero-order valence-electron chi connectivity index (χ0n) is 16.3. The lowest BCUT2D eigenvalue weighted by Crippen LogP contribution is -2.35. The number of aliphatic hydroxyl groups excluding tert-OH is 2. The van der Waals surface area contributed by atoms with Crippen molar-refractivity contribution in [1.82, 2.24) is 4.90 Å². The van der Waals surface area contributed by atoms with E-state index in [1.165, 1.54) is 4.90 Å². The summed E-state index contributed by atoms with van der Waals surface area (Å²) in [5.74, 6) is -1.30. The summed E-state index contributed by atoms with van der Waals surface area (Å²) in [6, 6.07) is 15.6. The third-order valence-corrected chi connectivity index (χ3v) is 4.97. The van der Waals surface area contributed by atoms with Gasteiger partial charge in [-0.1, -0.05) is 68.4 Å². The van der Waals surface area contributed by atoms with Crippen LogP contribution in [0.1, 0.15) is 49.4 Å². The minimum Gasteiger partial charge on any atom is -0.507 e. The Hall–Kier alpha value is -2.92. The monoisotopic (exact) mass is 379 g/mol. The predicted octanol–water partition coefficient (Wildman–Crippen LogP) is 3.61. The van der Waals surface area contributed by atoms with Crippen LogP contribution in [0.15, 0.2) is 60.2 Å². The maximum atomic E-state index is 12.8. The molecule has 5 heteroatoms. The summed E-state index contributed by atoms with van der Waals surface area (Å²) >= 11 is 0. The van der Waals surface area contributed by atoms with Crippen LogP contribution in [0.3, 0.4) is 0 Å². The molecule has 146 valence electrons. The lowest BCUT2D eigenvalue weighted by atomic mass is 9.93. The molecular formula is C23H25NO4. The third kappa shape index (κ3) is 3.71. The molecule has 0 spiro atoms. The van der Waals surface area contributed by atoms with E-state index >= 15 is 0 Å². The number of nitrogens with zero attached hydrogens (tertiary/aromatic N) is 1. The van der Waals surface area contributed by atoms with Crippen LogP contribution in [0.25, 0.3) is 5.76 Å². The number of Topliss-reactive ketones (excluding diaryl/α,β-unsaturated/α-hetero) is 1. The molecule has 0 saturated carbocycles. The summed E-state index contributed by atoms with van der Waals surface area (Å²) in [6.07, 6.45) is -0.799.